The topological polar surface area (TPSA) is 53.1 Å². The highest BCUT2D eigenvalue weighted by Gasteiger charge is 2.25. The van der Waals surface area contributed by atoms with Crippen molar-refractivity contribution in [3.05, 3.63) is 30.9 Å². The van der Waals surface area contributed by atoms with E-state index >= 15 is 0 Å². The minimum absolute atomic E-state index is 0.259. The van der Waals surface area contributed by atoms with Crippen molar-refractivity contribution in [3.63, 3.8) is 0 Å². The van der Waals surface area contributed by atoms with E-state index < -0.39 is 0 Å². The van der Waals surface area contributed by atoms with Crippen LogP contribution in [-0.4, -0.2) is 15.7 Å². The molecule has 0 amide bonds. The average molecular weight is 257 g/mol. The fourth-order valence-corrected chi connectivity index (χ4v) is 2.59. The van der Waals surface area contributed by atoms with Crippen molar-refractivity contribution in [2.24, 2.45) is 0 Å². The molecule has 100 valence electrons. The lowest BCUT2D eigenvalue weighted by atomic mass is 10.1. The highest BCUT2D eigenvalue weighted by molar-refractivity contribution is 5.80. The van der Waals surface area contributed by atoms with Gasteiger partial charge in [0.2, 0.25) is 0 Å². The van der Waals surface area contributed by atoms with Crippen molar-refractivity contribution in [2.45, 2.75) is 38.3 Å². The molecule has 0 radical (unpaired) electrons. The molecule has 0 saturated heterocycles. The van der Waals surface area contributed by atoms with Crippen molar-refractivity contribution in [1.29, 1.82) is 0 Å². The number of anilines is 1. The molecule has 2 N–H and O–H groups in total. The summed E-state index contributed by atoms with van der Waals surface area (Å²) in [5, 5.41) is 0. The maximum absolute atomic E-state index is 5.90. The second-order valence-corrected chi connectivity index (χ2v) is 5.07. The lowest BCUT2D eigenvalue weighted by Crippen LogP contribution is -2.14. The molecule has 3 rings (SSSR count). The van der Waals surface area contributed by atoms with E-state index in [1.165, 1.54) is 12.8 Å². The van der Waals surface area contributed by atoms with E-state index in [1.54, 1.807) is 0 Å². The van der Waals surface area contributed by atoms with Crippen molar-refractivity contribution in [2.75, 3.05) is 5.73 Å². The first-order chi connectivity index (χ1) is 9.28. The van der Waals surface area contributed by atoms with E-state index in [0.29, 0.717) is 0 Å². The molecule has 0 unspecified atom stereocenters. The molecule has 4 heteroatoms. The lowest BCUT2D eigenvalue weighted by molar-refractivity contribution is 0.210. The number of hydrogen-bond acceptors (Lipinski definition) is 3. The first kappa shape index (κ1) is 12.1. The molecule has 19 heavy (non-hydrogen) atoms. The molecule has 1 aromatic heterocycles. The molecule has 2 heterocycles. The van der Waals surface area contributed by atoms with Crippen molar-refractivity contribution in [3.8, 4) is 6.01 Å². The van der Waals surface area contributed by atoms with Gasteiger partial charge in [-0.3, -0.25) is 4.57 Å². The quantitative estimate of drug-likeness (QED) is 0.508. The molecule has 1 atom stereocenters. The number of ether oxygens (including phenoxy) is 1. The summed E-state index contributed by atoms with van der Waals surface area (Å²) in [6.07, 6.45) is 6.75. The van der Waals surface area contributed by atoms with Crippen molar-refractivity contribution < 1.29 is 4.74 Å². The second kappa shape index (κ2) is 4.96. The Hall–Kier alpha value is -1.97. The zero-order valence-corrected chi connectivity index (χ0v) is 11.0. The minimum atomic E-state index is 0.259. The minimum Gasteiger partial charge on any atom is -0.459 e. The first-order valence-corrected chi connectivity index (χ1v) is 6.81. The summed E-state index contributed by atoms with van der Waals surface area (Å²) in [6, 6.07) is 6.55. The average Bonchev–Trinajstić information content (AvgIpc) is 2.91. The summed E-state index contributed by atoms with van der Waals surface area (Å²) in [5.74, 6) is 0. The highest BCUT2D eigenvalue weighted by Crippen LogP contribution is 2.30. The SMILES string of the molecule is C=CCCCC[C@@H]1Cn2c(nc3cc(N)ccc32)O1. The zero-order chi connectivity index (χ0) is 13.2. The standard InChI is InChI=1S/C15H19N3O/c1-2-3-4-5-6-12-10-18-14-8-7-11(16)9-13(14)17-15(18)19-12/h2,7-9,12H,1,3-6,10,16H2/t12-/m1/s1. The van der Waals surface area contributed by atoms with Crippen LogP contribution in [0.3, 0.4) is 0 Å². The number of allylic oxidation sites excluding steroid dienone is 1. The number of hydrogen-bond donors (Lipinski definition) is 1. The van der Waals surface area contributed by atoms with Crippen LogP contribution in [-0.2, 0) is 6.54 Å². The fourth-order valence-electron chi connectivity index (χ4n) is 2.59. The molecule has 1 aliphatic heterocycles. The fraction of sp³-hybridized carbons (Fsp3) is 0.400. The Morgan fingerprint density at radius 1 is 1.47 bits per heavy atom. The van der Waals surface area contributed by atoms with Crippen LogP contribution in [0.5, 0.6) is 6.01 Å². The van der Waals surface area contributed by atoms with E-state index in [2.05, 4.69) is 16.1 Å². The van der Waals surface area contributed by atoms with Gasteiger partial charge in [-0.2, -0.15) is 4.98 Å². The van der Waals surface area contributed by atoms with Gasteiger partial charge in [0.15, 0.2) is 0 Å². The van der Waals surface area contributed by atoms with E-state index in [9.17, 15) is 0 Å². The van der Waals surface area contributed by atoms with Crippen LogP contribution in [0.4, 0.5) is 5.69 Å². The number of nitrogens with zero attached hydrogens (tertiary/aromatic N) is 2. The van der Waals surface area contributed by atoms with Crippen LogP contribution in [0.25, 0.3) is 11.0 Å². The number of aromatic nitrogens is 2. The number of nitrogen functional groups attached to an aromatic ring is 1. The number of rotatable bonds is 5. The molecule has 0 saturated carbocycles. The Morgan fingerprint density at radius 2 is 2.37 bits per heavy atom. The largest absolute Gasteiger partial charge is 0.459 e. The van der Waals surface area contributed by atoms with Gasteiger partial charge < -0.3 is 10.5 Å². The second-order valence-electron chi connectivity index (χ2n) is 5.07. The van der Waals surface area contributed by atoms with E-state index in [-0.39, 0.29) is 6.10 Å². The Morgan fingerprint density at radius 3 is 3.21 bits per heavy atom. The van der Waals surface area contributed by atoms with Crippen LogP contribution in [0.1, 0.15) is 25.7 Å². The number of imidazole rings is 1. The van der Waals surface area contributed by atoms with Crippen LogP contribution >= 0.6 is 0 Å². The van der Waals surface area contributed by atoms with E-state index in [0.717, 1.165) is 42.1 Å². The third-order valence-corrected chi connectivity index (χ3v) is 3.58. The molecule has 2 aromatic rings. The molecule has 1 aliphatic rings. The van der Waals surface area contributed by atoms with E-state index in [1.807, 2.05) is 24.3 Å². The van der Waals surface area contributed by atoms with Gasteiger partial charge in [0, 0.05) is 5.69 Å². The summed E-state index contributed by atoms with van der Waals surface area (Å²) in [4.78, 5) is 4.49. The molecule has 0 aliphatic carbocycles. The number of fused-ring (bicyclic) bond motifs is 3. The van der Waals surface area contributed by atoms with Crippen LogP contribution in [0, 0.1) is 0 Å². The number of unbranched alkanes of at least 4 members (excludes halogenated alkanes) is 2. The smallest absolute Gasteiger partial charge is 0.297 e. The third-order valence-electron chi connectivity index (χ3n) is 3.58. The van der Waals surface area contributed by atoms with Crippen molar-refractivity contribution >= 4 is 16.7 Å². The summed E-state index contributed by atoms with van der Waals surface area (Å²) in [7, 11) is 0. The van der Waals surface area contributed by atoms with Gasteiger partial charge in [0.25, 0.3) is 6.01 Å². The van der Waals surface area contributed by atoms with Gasteiger partial charge in [-0.25, -0.2) is 0 Å². The predicted molar refractivity (Wildman–Crippen MR) is 77.2 cm³/mol. The Labute approximate surface area is 112 Å². The number of benzene rings is 1. The summed E-state index contributed by atoms with van der Waals surface area (Å²) in [5.41, 5.74) is 8.53. The van der Waals surface area contributed by atoms with E-state index in [4.69, 9.17) is 10.5 Å². The maximum Gasteiger partial charge on any atom is 0.297 e. The molecular weight excluding hydrogens is 238 g/mol. The van der Waals surface area contributed by atoms with Crippen LogP contribution in [0.15, 0.2) is 30.9 Å². The summed E-state index contributed by atoms with van der Waals surface area (Å²) >= 11 is 0. The molecule has 4 nitrogen and oxygen atoms in total. The van der Waals surface area contributed by atoms with Crippen molar-refractivity contribution in [1.82, 2.24) is 9.55 Å². The first-order valence-electron chi connectivity index (χ1n) is 6.81. The van der Waals surface area contributed by atoms with Gasteiger partial charge in [-0.15, -0.1) is 6.58 Å². The van der Waals surface area contributed by atoms with Gasteiger partial charge in [0.05, 0.1) is 17.6 Å². The third kappa shape index (κ3) is 2.30. The molecule has 0 bridgehead atoms. The zero-order valence-electron chi connectivity index (χ0n) is 11.0. The summed E-state index contributed by atoms with van der Waals surface area (Å²) < 4.78 is 8.04. The monoisotopic (exact) mass is 257 g/mol. The van der Waals surface area contributed by atoms with Gasteiger partial charge in [0.1, 0.15) is 6.10 Å². The molecule has 0 fully saturated rings. The normalized spacial score (nSPS) is 17.4. The van der Waals surface area contributed by atoms with Gasteiger partial charge >= 0.3 is 0 Å². The Balaban J connectivity index is 1.69. The van der Waals surface area contributed by atoms with Gasteiger partial charge in [-0.1, -0.05) is 6.08 Å². The van der Waals surface area contributed by atoms with Gasteiger partial charge in [-0.05, 0) is 43.9 Å². The highest BCUT2D eigenvalue weighted by atomic mass is 16.5. The van der Waals surface area contributed by atoms with Crippen LogP contribution < -0.4 is 10.5 Å². The Kier molecular flexibility index (Phi) is 3.15. The molecule has 1 aromatic carbocycles. The number of nitrogens with two attached hydrogens (primary N) is 1. The lowest BCUT2D eigenvalue weighted by Gasteiger charge is -2.08. The Bertz CT molecular complexity index is 603. The predicted octanol–water partition coefficient (Wildman–Crippen LogP) is 3.13. The summed E-state index contributed by atoms with van der Waals surface area (Å²) in [6.45, 7) is 4.63. The maximum atomic E-state index is 5.90. The van der Waals surface area contributed by atoms with Crippen LogP contribution in [0.2, 0.25) is 0 Å². The molecular formula is C15H19N3O. The molecule has 0 spiro atoms.